The van der Waals surface area contributed by atoms with Crippen LogP contribution in [0, 0.1) is 16.7 Å². The molecule has 2 aromatic rings. The maximum absolute atomic E-state index is 12.5. The summed E-state index contributed by atoms with van der Waals surface area (Å²) in [5.74, 6) is 0.628. The number of carbonyl (C=O) groups excluding carboxylic acids is 1. The molecule has 1 amide bonds. The Balaban J connectivity index is 1.56. The van der Waals surface area contributed by atoms with Crippen LogP contribution in [0.15, 0.2) is 30.5 Å². The predicted octanol–water partition coefficient (Wildman–Crippen LogP) is 2.42. The fourth-order valence-corrected chi connectivity index (χ4v) is 3.42. The number of hydrogen-bond donors (Lipinski definition) is 2. The van der Waals surface area contributed by atoms with Gasteiger partial charge in [-0.1, -0.05) is 32.9 Å². The molecule has 0 atom stereocenters. The van der Waals surface area contributed by atoms with Crippen LogP contribution in [0.2, 0.25) is 0 Å². The summed E-state index contributed by atoms with van der Waals surface area (Å²) in [5.41, 5.74) is 2.98. The molecule has 1 aliphatic heterocycles. The zero-order chi connectivity index (χ0) is 23.1. The highest BCUT2D eigenvalue weighted by molar-refractivity contribution is 5.78. The van der Waals surface area contributed by atoms with Gasteiger partial charge in [0.25, 0.3) is 0 Å². The van der Waals surface area contributed by atoms with Crippen molar-refractivity contribution in [3.63, 3.8) is 0 Å². The van der Waals surface area contributed by atoms with Crippen LogP contribution < -0.4 is 15.5 Å². The van der Waals surface area contributed by atoms with E-state index >= 15 is 0 Å². The summed E-state index contributed by atoms with van der Waals surface area (Å²) in [7, 11) is 2.15. The highest BCUT2D eigenvalue weighted by atomic mass is 16.1. The number of piperazine rings is 1. The van der Waals surface area contributed by atoms with Crippen molar-refractivity contribution in [3.8, 4) is 6.07 Å². The van der Waals surface area contributed by atoms with Crippen molar-refractivity contribution in [2.75, 3.05) is 50.0 Å². The lowest BCUT2D eigenvalue weighted by atomic mass is 9.97. The molecule has 0 spiro atoms. The van der Waals surface area contributed by atoms with E-state index in [9.17, 15) is 4.79 Å². The minimum atomic E-state index is -0.0662. The number of amides is 1. The summed E-state index contributed by atoms with van der Waals surface area (Å²) >= 11 is 0. The molecule has 1 aromatic heterocycles. The Hall–Kier alpha value is -3.18. The van der Waals surface area contributed by atoms with Crippen LogP contribution >= 0.6 is 0 Å². The first-order valence-electron chi connectivity index (χ1n) is 11.0. The van der Waals surface area contributed by atoms with E-state index in [1.807, 2.05) is 18.2 Å². The van der Waals surface area contributed by atoms with E-state index in [2.05, 4.69) is 70.4 Å². The third-order valence-electron chi connectivity index (χ3n) is 5.40. The molecule has 8 heteroatoms. The molecule has 0 radical (unpaired) electrons. The van der Waals surface area contributed by atoms with Gasteiger partial charge in [-0.05, 0) is 30.2 Å². The number of likely N-dealkylation sites (N-methyl/N-ethyl adjacent to an activating group) is 1. The summed E-state index contributed by atoms with van der Waals surface area (Å²) in [6, 6.07) is 10.2. The van der Waals surface area contributed by atoms with Gasteiger partial charge in [0.05, 0.1) is 6.42 Å². The summed E-state index contributed by atoms with van der Waals surface area (Å²) < 4.78 is 0. The fourth-order valence-electron chi connectivity index (χ4n) is 3.42. The van der Waals surface area contributed by atoms with E-state index in [0.29, 0.717) is 25.3 Å². The van der Waals surface area contributed by atoms with Crippen LogP contribution in [0.3, 0.4) is 0 Å². The largest absolute Gasteiger partial charge is 0.369 e. The maximum atomic E-state index is 12.5. The number of benzene rings is 1. The first-order valence-corrected chi connectivity index (χ1v) is 11.0. The molecule has 32 heavy (non-hydrogen) atoms. The molecule has 170 valence electrons. The summed E-state index contributed by atoms with van der Waals surface area (Å²) in [6.07, 6.45) is 1.91. The van der Waals surface area contributed by atoms with Crippen molar-refractivity contribution in [3.05, 3.63) is 47.4 Å². The Kier molecular flexibility index (Phi) is 7.65. The maximum Gasteiger partial charge on any atom is 0.234 e. The van der Waals surface area contributed by atoms with Gasteiger partial charge >= 0.3 is 0 Å². The van der Waals surface area contributed by atoms with Gasteiger partial charge in [0.1, 0.15) is 11.9 Å². The number of carbonyl (C=O) groups is 1. The van der Waals surface area contributed by atoms with E-state index in [1.54, 1.807) is 6.20 Å². The third kappa shape index (κ3) is 6.92. The predicted molar refractivity (Wildman–Crippen MR) is 126 cm³/mol. The van der Waals surface area contributed by atoms with Crippen molar-refractivity contribution in [1.82, 2.24) is 20.2 Å². The van der Waals surface area contributed by atoms with Gasteiger partial charge in [0.2, 0.25) is 11.7 Å². The van der Waals surface area contributed by atoms with Crippen LogP contribution in [0.25, 0.3) is 0 Å². The Morgan fingerprint density at radius 2 is 1.84 bits per heavy atom. The second-order valence-electron chi connectivity index (χ2n) is 9.50. The Morgan fingerprint density at radius 3 is 2.47 bits per heavy atom. The van der Waals surface area contributed by atoms with E-state index < -0.39 is 0 Å². The molecular formula is C24H33N7O. The molecule has 8 nitrogen and oxygen atoms in total. The first-order chi connectivity index (χ1) is 15.2. The number of anilines is 2. The Bertz CT molecular complexity index is 952. The van der Waals surface area contributed by atoms with E-state index in [0.717, 1.165) is 37.3 Å². The number of nitriles is 1. The minimum Gasteiger partial charge on any atom is -0.369 e. The van der Waals surface area contributed by atoms with Gasteiger partial charge in [-0.2, -0.15) is 5.26 Å². The molecule has 3 rings (SSSR count). The topological polar surface area (TPSA) is 97.2 Å². The van der Waals surface area contributed by atoms with E-state index in [-0.39, 0.29) is 17.1 Å². The van der Waals surface area contributed by atoms with Gasteiger partial charge in [-0.25, -0.2) is 9.97 Å². The van der Waals surface area contributed by atoms with Crippen molar-refractivity contribution < 1.29 is 4.79 Å². The van der Waals surface area contributed by atoms with Crippen LogP contribution in [-0.4, -0.2) is 60.5 Å². The van der Waals surface area contributed by atoms with E-state index in [1.165, 1.54) is 5.69 Å². The van der Waals surface area contributed by atoms with Gasteiger partial charge in [0, 0.05) is 56.7 Å². The molecule has 0 unspecified atom stereocenters. The molecule has 1 aromatic carbocycles. The van der Waals surface area contributed by atoms with Crippen LogP contribution in [0.5, 0.6) is 0 Å². The molecule has 1 fully saturated rings. The van der Waals surface area contributed by atoms with Crippen molar-refractivity contribution >= 4 is 17.4 Å². The van der Waals surface area contributed by atoms with Crippen LogP contribution in [-0.2, 0) is 17.8 Å². The van der Waals surface area contributed by atoms with Crippen molar-refractivity contribution in [1.29, 1.82) is 5.26 Å². The van der Waals surface area contributed by atoms with Crippen molar-refractivity contribution in [2.45, 2.75) is 33.7 Å². The fraction of sp³-hybridized carbons (Fsp3) is 0.500. The lowest BCUT2D eigenvalue weighted by molar-refractivity contribution is -0.120. The van der Waals surface area contributed by atoms with E-state index in [4.69, 9.17) is 5.26 Å². The molecule has 2 heterocycles. The smallest absolute Gasteiger partial charge is 0.234 e. The number of hydrogen-bond acceptors (Lipinski definition) is 7. The molecule has 0 aliphatic carbocycles. The summed E-state index contributed by atoms with van der Waals surface area (Å²) in [6.45, 7) is 11.5. The number of aromatic nitrogens is 2. The average molecular weight is 436 g/mol. The lowest BCUT2D eigenvalue weighted by Gasteiger charge is -2.34. The highest BCUT2D eigenvalue weighted by Gasteiger charge is 2.15. The quantitative estimate of drug-likeness (QED) is 0.689. The first kappa shape index (κ1) is 23.5. The zero-order valence-corrected chi connectivity index (χ0v) is 19.5. The second-order valence-corrected chi connectivity index (χ2v) is 9.50. The van der Waals surface area contributed by atoms with Crippen LogP contribution in [0.1, 0.15) is 37.7 Å². The summed E-state index contributed by atoms with van der Waals surface area (Å²) in [5, 5.41) is 15.3. The molecule has 1 aliphatic rings. The molecule has 1 saturated heterocycles. The number of nitrogens with one attached hydrogen (secondary N) is 2. The third-order valence-corrected chi connectivity index (χ3v) is 5.40. The monoisotopic (exact) mass is 435 g/mol. The average Bonchev–Trinajstić information content (AvgIpc) is 2.77. The molecule has 0 bridgehead atoms. The van der Waals surface area contributed by atoms with Gasteiger partial charge in [0.15, 0.2) is 0 Å². The second kappa shape index (κ2) is 10.4. The lowest BCUT2D eigenvalue weighted by Crippen LogP contribution is -2.44. The van der Waals surface area contributed by atoms with Gasteiger partial charge in [-0.15, -0.1) is 0 Å². The molecular weight excluding hydrogens is 402 g/mol. The van der Waals surface area contributed by atoms with Gasteiger partial charge < -0.3 is 20.4 Å². The molecule has 0 saturated carbocycles. The zero-order valence-electron chi connectivity index (χ0n) is 19.5. The van der Waals surface area contributed by atoms with Crippen LogP contribution in [0.4, 0.5) is 11.5 Å². The van der Waals surface area contributed by atoms with Gasteiger partial charge in [-0.3, -0.25) is 4.79 Å². The number of rotatable bonds is 7. The Morgan fingerprint density at radius 1 is 1.16 bits per heavy atom. The highest BCUT2D eigenvalue weighted by Crippen LogP contribution is 2.19. The summed E-state index contributed by atoms with van der Waals surface area (Å²) in [4.78, 5) is 25.6. The molecule has 2 N–H and O–H groups in total. The minimum absolute atomic E-state index is 0.0502. The SMILES string of the molecule is CN1CCN(c2ccc(CC(=O)NCc3cnc(C#N)nc3NCC(C)(C)C)cc2)CC1. The standard InChI is InChI=1S/C24H33N7O/c1-24(2,3)17-28-23-19(15-26-21(14-25)29-23)16-27-22(32)13-18-5-7-20(8-6-18)31-11-9-30(4)10-12-31/h5-8,15H,9-13,16-17H2,1-4H3,(H,27,32)(H,26,28,29). The Labute approximate surface area is 190 Å². The van der Waals surface area contributed by atoms with Crippen molar-refractivity contribution in [2.24, 2.45) is 5.41 Å². The normalized spacial score (nSPS) is 14.7. The number of nitrogens with zero attached hydrogens (tertiary/aromatic N) is 5.